The van der Waals surface area contributed by atoms with E-state index in [0.29, 0.717) is 6.42 Å². The number of nitrogens with one attached hydrogen (secondary N) is 3. The van der Waals surface area contributed by atoms with Gasteiger partial charge in [-0.3, -0.25) is 14.4 Å². The number of thiophene rings is 1. The predicted octanol–water partition coefficient (Wildman–Crippen LogP) is 2.37. The van der Waals surface area contributed by atoms with Crippen molar-refractivity contribution in [3.63, 3.8) is 0 Å². The van der Waals surface area contributed by atoms with Gasteiger partial charge < -0.3 is 21.1 Å². The van der Waals surface area contributed by atoms with Crippen molar-refractivity contribution in [3.8, 4) is 0 Å². The van der Waals surface area contributed by atoms with E-state index < -0.39 is 54.5 Å². The van der Waals surface area contributed by atoms with E-state index in [1.165, 1.54) is 11.3 Å². The minimum absolute atomic E-state index is 0.0293. The maximum Gasteiger partial charge on any atom is 0.374 e. The van der Waals surface area contributed by atoms with Gasteiger partial charge in [-0.2, -0.15) is 0 Å². The zero-order valence-corrected chi connectivity index (χ0v) is 20.1. The van der Waals surface area contributed by atoms with Gasteiger partial charge in [0.2, 0.25) is 18.2 Å². The van der Waals surface area contributed by atoms with Crippen LogP contribution in [0.1, 0.15) is 51.8 Å². The lowest BCUT2D eigenvalue weighted by Crippen LogP contribution is -2.57. The summed E-state index contributed by atoms with van der Waals surface area (Å²) in [6.07, 6.45) is -2.77. The third-order valence-corrected chi connectivity index (χ3v) is 5.90. The quantitative estimate of drug-likeness (QED) is 0.281. The van der Waals surface area contributed by atoms with Crippen LogP contribution in [0.3, 0.4) is 0 Å². The normalized spacial score (nSPS) is 15.0. The third kappa shape index (κ3) is 10.4. The second-order valence-electron chi connectivity index (χ2n) is 8.36. The Morgan fingerprint density at radius 3 is 2.09 bits per heavy atom. The van der Waals surface area contributed by atoms with Crippen LogP contribution in [0.25, 0.3) is 0 Å². The summed E-state index contributed by atoms with van der Waals surface area (Å²) in [4.78, 5) is 49.6. The fraction of sp³-hybridized carbons (Fsp3) is 0.636. The molecule has 0 radical (unpaired) electrons. The fourth-order valence-electron chi connectivity index (χ4n) is 3.12. The standard InChI is InChI=1S/C22H33F2N3O5S/c1-5-13(4)25-17(10-14-7-6-8-33-14)21(30)27-16(9-12(2)3)20(29)26-15(11-18(23)24)19(28)22(31)32/h6-8,12-13,15-18,25H,5,9-11H2,1-4H3,(H,26,29)(H,27,30)(H,31,32)/t13?,15?,16-,17-/m0/s1. The average molecular weight is 490 g/mol. The molecule has 0 bridgehead atoms. The number of carboxylic acid groups (broad SMARTS) is 1. The first-order chi connectivity index (χ1) is 15.4. The van der Waals surface area contributed by atoms with Gasteiger partial charge in [0.05, 0.1) is 6.04 Å². The number of hydrogen-bond donors (Lipinski definition) is 4. The molecule has 0 saturated carbocycles. The summed E-state index contributed by atoms with van der Waals surface area (Å²) in [6, 6.07) is 0.148. The van der Waals surface area contributed by atoms with Crippen LogP contribution in [0.4, 0.5) is 8.78 Å². The number of rotatable bonds is 15. The second kappa shape index (κ2) is 14.0. The molecule has 4 N–H and O–H groups in total. The highest BCUT2D eigenvalue weighted by atomic mass is 32.1. The zero-order chi connectivity index (χ0) is 25.1. The molecule has 0 aliphatic rings. The van der Waals surface area contributed by atoms with Gasteiger partial charge in [-0.15, -0.1) is 11.3 Å². The number of alkyl halides is 2. The van der Waals surface area contributed by atoms with Gasteiger partial charge in [0.15, 0.2) is 0 Å². The number of hydrogen-bond acceptors (Lipinski definition) is 6. The van der Waals surface area contributed by atoms with Crippen molar-refractivity contribution in [3.05, 3.63) is 22.4 Å². The molecule has 1 rings (SSSR count). The Morgan fingerprint density at radius 2 is 1.61 bits per heavy atom. The second-order valence-corrected chi connectivity index (χ2v) is 9.39. The van der Waals surface area contributed by atoms with Crippen LogP contribution in [0.2, 0.25) is 0 Å². The van der Waals surface area contributed by atoms with E-state index in [9.17, 15) is 28.0 Å². The van der Waals surface area contributed by atoms with Crippen LogP contribution in [0.5, 0.6) is 0 Å². The highest BCUT2D eigenvalue weighted by molar-refractivity contribution is 7.09. The molecule has 0 fully saturated rings. The minimum atomic E-state index is -2.99. The lowest BCUT2D eigenvalue weighted by Gasteiger charge is -2.27. The maximum atomic E-state index is 13.1. The summed E-state index contributed by atoms with van der Waals surface area (Å²) in [7, 11) is 0. The molecule has 186 valence electrons. The molecule has 8 nitrogen and oxygen atoms in total. The molecule has 0 aliphatic heterocycles. The van der Waals surface area contributed by atoms with Crippen molar-refractivity contribution in [2.75, 3.05) is 0 Å². The van der Waals surface area contributed by atoms with Crippen LogP contribution in [-0.4, -0.2) is 59.3 Å². The Hall–Kier alpha value is -2.40. The van der Waals surface area contributed by atoms with Crippen molar-refractivity contribution in [2.45, 2.75) is 84.0 Å². The van der Waals surface area contributed by atoms with Gasteiger partial charge in [0.25, 0.3) is 5.78 Å². The summed E-state index contributed by atoms with van der Waals surface area (Å²) < 4.78 is 25.7. The van der Waals surface area contributed by atoms with Crippen LogP contribution in [0, 0.1) is 5.92 Å². The summed E-state index contributed by atoms with van der Waals surface area (Å²) in [5.74, 6) is -4.83. The molecule has 0 aromatic carbocycles. The molecular weight excluding hydrogens is 456 g/mol. The van der Waals surface area contributed by atoms with Gasteiger partial charge in [0, 0.05) is 23.8 Å². The Balaban J connectivity index is 3.03. The highest BCUT2D eigenvalue weighted by Crippen LogP contribution is 2.14. The Bertz CT molecular complexity index is 789. The van der Waals surface area contributed by atoms with Crippen molar-refractivity contribution in [2.24, 2.45) is 5.92 Å². The molecule has 11 heteroatoms. The van der Waals surface area contributed by atoms with Gasteiger partial charge in [0.1, 0.15) is 12.1 Å². The molecule has 2 unspecified atom stereocenters. The number of aliphatic carboxylic acids is 1. The predicted molar refractivity (Wildman–Crippen MR) is 121 cm³/mol. The van der Waals surface area contributed by atoms with E-state index in [2.05, 4.69) is 16.0 Å². The summed E-state index contributed by atoms with van der Waals surface area (Å²) >= 11 is 1.50. The van der Waals surface area contributed by atoms with Crippen LogP contribution < -0.4 is 16.0 Å². The topological polar surface area (TPSA) is 125 Å². The van der Waals surface area contributed by atoms with E-state index >= 15 is 0 Å². The maximum absolute atomic E-state index is 13.1. The molecule has 1 aromatic heterocycles. The molecule has 33 heavy (non-hydrogen) atoms. The van der Waals surface area contributed by atoms with Crippen molar-refractivity contribution in [1.82, 2.24) is 16.0 Å². The average Bonchev–Trinajstić information content (AvgIpc) is 3.23. The van der Waals surface area contributed by atoms with Gasteiger partial charge in [-0.25, -0.2) is 13.6 Å². The molecule has 2 amide bonds. The van der Waals surface area contributed by atoms with Crippen LogP contribution >= 0.6 is 11.3 Å². The number of halogens is 2. The lowest BCUT2D eigenvalue weighted by molar-refractivity contribution is -0.151. The number of carbonyl (C=O) groups is 4. The smallest absolute Gasteiger partial charge is 0.374 e. The molecule has 0 spiro atoms. The first-order valence-electron chi connectivity index (χ1n) is 10.9. The molecule has 1 aromatic rings. The van der Waals surface area contributed by atoms with Crippen LogP contribution in [0.15, 0.2) is 17.5 Å². The molecule has 1 heterocycles. The number of ketones is 1. The summed E-state index contributed by atoms with van der Waals surface area (Å²) in [5, 5.41) is 18.8. The van der Waals surface area contributed by atoms with E-state index in [1.807, 2.05) is 45.2 Å². The number of amides is 2. The first-order valence-corrected chi connectivity index (χ1v) is 11.8. The number of carboxylic acids is 1. The SMILES string of the molecule is CCC(C)N[C@@H](Cc1cccs1)C(=O)N[C@@H](CC(C)C)C(=O)NC(CC(F)F)C(=O)C(=O)O. The van der Waals surface area contributed by atoms with Gasteiger partial charge in [-0.1, -0.05) is 26.8 Å². The van der Waals surface area contributed by atoms with Crippen molar-refractivity contribution >= 4 is 34.9 Å². The summed E-state index contributed by atoms with van der Waals surface area (Å²) in [5.41, 5.74) is 0. The molecule has 0 aliphatic carbocycles. The number of Topliss-reactive ketones (excluding diaryl/α,β-unsaturated/α-hetero) is 1. The monoisotopic (exact) mass is 489 g/mol. The fourth-order valence-corrected chi connectivity index (χ4v) is 3.88. The van der Waals surface area contributed by atoms with Crippen molar-refractivity contribution in [1.29, 1.82) is 0 Å². The highest BCUT2D eigenvalue weighted by Gasteiger charge is 2.33. The molecular formula is C22H33F2N3O5S. The Morgan fingerprint density at radius 1 is 1.00 bits per heavy atom. The lowest BCUT2D eigenvalue weighted by atomic mass is 10.0. The van der Waals surface area contributed by atoms with E-state index in [4.69, 9.17) is 5.11 Å². The van der Waals surface area contributed by atoms with Crippen molar-refractivity contribution < 1.29 is 33.1 Å². The van der Waals surface area contributed by atoms with Gasteiger partial charge >= 0.3 is 5.97 Å². The Kier molecular flexibility index (Phi) is 12.1. The molecule has 0 saturated heterocycles. The molecule has 4 atom stereocenters. The third-order valence-electron chi connectivity index (χ3n) is 5.00. The minimum Gasteiger partial charge on any atom is -0.475 e. The summed E-state index contributed by atoms with van der Waals surface area (Å²) in [6.45, 7) is 7.52. The van der Waals surface area contributed by atoms with Gasteiger partial charge in [-0.05, 0) is 37.1 Å². The largest absolute Gasteiger partial charge is 0.475 e. The van der Waals surface area contributed by atoms with E-state index in [0.717, 1.165) is 11.3 Å². The Labute approximate surface area is 196 Å². The van der Waals surface area contributed by atoms with E-state index in [1.54, 1.807) is 0 Å². The number of carbonyl (C=O) groups excluding carboxylic acids is 3. The first kappa shape index (κ1) is 28.6. The zero-order valence-electron chi connectivity index (χ0n) is 19.3. The van der Waals surface area contributed by atoms with E-state index in [-0.39, 0.29) is 18.4 Å². The van der Waals surface area contributed by atoms with Crippen LogP contribution in [-0.2, 0) is 25.6 Å².